The van der Waals surface area contributed by atoms with Gasteiger partial charge in [-0.15, -0.1) is 0 Å². The van der Waals surface area contributed by atoms with Gasteiger partial charge < -0.3 is 0 Å². The van der Waals surface area contributed by atoms with Crippen LogP contribution in [0.1, 0.15) is 0 Å². The van der Waals surface area contributed by atoms with Crippen LogP contribution in [0.5, 0.6) is 0 Å². The molecular formula is C4H3F6NO4S2. The highest BCUT2D eigenvalue weighted by molar-refractivity contribution is 8.05. The number of halogens is 6. The summed E-state index contributed by atoms with van der Waals surface area (Å²) in [5.74, 6) is 0. The minimum Gasteiger partial charge on any atom is -0.196 e. The standard InChI is InChI=1S/C4H3F6NO4S2/c1-2-11(16(12,13)3(5,6)7)17(14,15)4(8,9)10/h2H,1H2. The van der Waals surface area contributed by atoms with Crippen molar-refractivity contribution >= 4 is 20.0 Å². The smallest absolute Gasteiger partial charge is 0.196 e. The molecular weight excluding hydrogens is 304 g/mol. The van der Waals surface area contributed by atoms with Crippen LogP contribution in [0.2, 0.25) is 0 Å². The summed E-state index contributed by atoms with van der Waals surface area (Å²) in [6.07, 6.45) is -0.606. The third-order valence-electron chi connectivity index (χ3n) is 1.21. The van der Waals surface area contributed by atoms with Gasteiger partial charge in [-0.1, -0.05) is 6.58 Å². The molecule has 0 amide bonds. The van der Waals surface area contributed by atoms with Gasteiger partial charge in [-0.2, -0.15) is 46.9 Å². The second-order valence-electron chi connectivity index (χ2n) is 2.31. The highest BCUT2D eigenvalue weighted by Crippen LogP contribution is 2.34. The first-order valence-corrected chi connectivity index (χ1v) is 6.12. The van der Waals surface area contributed by atoms with Gasteiger partial charge in [0.2, 0.25) is 0 Å². The Balaban J connectivity index is 5.99. The predicted octanol–water partition coefficient (Wildman–Crippen LogP) is 1.13. The molecule has 102 valence electrons. The number of alkyl halides is 6. The molecule has 0 atom stereocenters. The minimum atomic E-state index is -6.72. The summed E-state index contributed by atoms with van der Waals surface area (Å²) in [4.78, 5) is 0. The van der Waals surface area contributed by atoms with Crippen molar-refractivity contribution in [2.75, 3.05) is 0 Å². The van der Waals surface area contributed by atoms with Crippen LogP contribution >= 0.6 is 0 Å². The number of sulfonamides is 2. The van der Waals surface area contributed by atoms with Crippen molar-refractivity contribution in [3.05, 3.63) is 12.8 Å². The Bertz CT molecular complexity index is 455. The zero-order valence-electron chi connectivity index (χ0n) is 7.45. The van der Waals surface area contributed by atoms with Crippen LogP contribution in [-0.4, -0.2) is 31.6 Å². The Kier molecular flexibility index (Phi) is 3.81. The SMILES string of the molecule is C=CN(S(=O)(=O)C(F)(F)F)S(=O)(=O)C(F)(F)F. The third-order valence-corrected chi connectivity index (χ3v) is 4.80. The maximum absolute atomic E-state index is 11.9. The van der Waals surface area contributed by atoms with Crippen LogP contribution in [0.4, 0.5) is 26.3 Å². The lowest BCUT2D eigenvalue weighted by Gasteiger charge is -2.21. The van der Waals surface area contributed by atoms with Gasteiger partial charge in [0.25, 0.3) is 0 Å². The molecule has 0 rings (SSSR count). The third kappa shape index (κ3) is 2.65. The Morgan fingerprint density at radius 1 is 0.824 bits per heavy atom. The van der Waals surface area contributed by atoms with Gasteiger partial charge >= 0.3 is 31.1 Å². The molecule has 5 nitrogen and oxygen atoms in total. The van der Waals surface area contributed by atoms with E-state index in [4.69, 9.17) is 0 Å². The van der Waals surface area contributed by atoms with Gasteiger partial charge in [0.05, 0.1) is 0 Å². The second kappa shape index (κ2) is 4.04. The summed E-state index contributed by atoms with van der Waals surface area (Å²) in [5, 5.41) is 0. The summed E-state index contributed by atoms with van der Waals surface area (Å²) in [5.41, 5.74) is -12.4. The summed E-state index contributed by atoms with van der Waals surface area (Å²) >= 11 is 0. The average molecular weight is 307 g/mol. The van der Waals surface area contributed by atoms with Gasteiger partial charge in [-0.25, -0.2) is 0 Å². The van der Waals surface area contributed by atoms with Gasteiger partial charge in [0, 0.05) is 6.20 Å². The Morgan fingerprint density at radius 3 is 1.18 bits per heavy atom. The van der Waals surface area contributed by atoms with E-state index in [1.54, 1.807) is 0 Å². The summed E-state index contributed by atoms with van der Waals surface area (Å²) in [6, 6.07) is 0. The molecule has 0 saturated heterocycles. The predicted molar refractivity (Wildman–Crippen MR) is 42.0 cm³/mol. The molecule has 0 N–H and O–H groups in total. The van der Waals surface area contributed by atoms with E-state index >= 15 is 0 Å². The van der Waals surface area contributed by atoms with Crippen LogP contribution in [0, 0.1) is 0 Å². The normalized spacial score (nSPS) is 14.5. The highest BCUT2D eigenvalue weighted by Gasteiger charge is 2.60. The van der Waals surface area contributed by atoms with Crippen molar-refractivity contribution in [3.63, 3.8) is 0 Å². The number of hydrogen-bond acceptors (Lipinski definition) is 4. The fourth-order valence-electron chi connectivity index (χ4n) is 0.529. The zero-order chi connectivity index (χ0) is 14.3. The molecule has 0 fully saturated rings. The van der Waals surface area contributed by atoms with Gasteiger partial charge in [-0.05, 0) is 0 Å². The highest BCUT2D eigenvalue weighted by atomic mass is 32.3. The van der Waals surface area contributed by atoms with Gasteiger partial charge in [0.1, 0.15) is 0 Å². The van der Waals surface area contributed by atoms with Crippen molar-refractivity contribution < 1.29 is 43.2 Å². The molecule has 0 aromatic heterocycles. The zero-order valence-corrected chi connectivity index (χ0v) is 9.08. The maximum atomic E-state index is 11.9. The molecule has 0 spiro atoms. The molecule has 0 aromatic rings. The first kappa shape index (κ1) is 16.0. The molecule has 0 aliphatic heterocycles. The summed E-state index contributed by atoms with van der Waals surface area (Å²) < 4.78 is 112. The van der Waals surface area contributed by atoms with Crippen molar-refractivity contribution in [2.45, 2.75) is 11.0 Å². The second-order valence-corrected chi connectivity index (χ2v) is 6.15. The fraction of sp³-hybridized carbons (Fsp3) is 0.500. The first-order valence-electron chi connectivity index (χ1n) is 3.24. The van der Waals surface area contributed by atoms with E-state index in [2.05, 4.69) is 6.58 Å². The van der Waals surface area contributed by atoms with Crippen LogP contribution in [0.3, 0.4) is 0 Å². The molecule has 0 bridgehead atoms. The maximum Gasteiger partial charge on any atom is 0.517 e. The monoisotopic (exact) mass is 307 g/mol. The molecule has 0 unspecified atom stereocenters. The van der Waals surface area contributed by atoms with Crippen molar-refractivity contribution in [3.8, 4) is 0 Å². The molecule has 0 saturated carbocycles. The van der Waals surface area contributed by atoms with E-state index in [0.29, 0.717) is 0 Å². The van der Waals surface area contributed by atoms with E-state index in [1.165, 1.54) is 0 Å². The average Bonchev–Trinajstić information content (AvgIpc) is 1.99. The number of nitrogens with zero attached hydrogens (tertiary/aromatic N) is 1. The quantitative estimate of drug-likeness (QED) is 0.733. The minimum absolute atomic E-state index is 0.606. The van der Waals surface area contributed by atoms with E-state index in [1.807, 2.05) is 0 Å². The van der Waals surface area contributed by atoms with E-state index < -0.39 is 41.0 Å². The van der Waals surface area contributed by atoms with E-state index in [-0.39, 0.29) is 0 Å². The van der Waals surface area contributed by atoms with Crippen molar-refractivity contribution in [1.29, 1.82) is 0 Å². The topological polar surface area (TPSA) is 71.5 Å². The van der Waals surface area contributed by atoms with Crippen LogP contribution in [0.15, 0.2) is 12.8 Å². The molecule has 0 radical (unpaired) electrons. The lowest BCUT2D eigenvalue weighted by molar-refractivity contribution is -0.0516. The molecule has 13 heteroatoms. The van der Waals surface area contributed by atoms with E-state index in [9.17, 15) is 43.2 Å². The van der Waals surface area contributed by atoms with Crippen molar-refractivity contribution in [1.82, 2.24) is 3.71 Å². The molecule has 0 heterocycles. The summed E-state index contributed by atoms with van der Waals surface area (Å²) in [6.45, 7) is 2.29. The van der Waals surface area contributed by atoms with E-state index in [0.717, 1.165) is 0 Å². The first-order chi connectivity index (χ1) is 7.19. The summed E-state index contributed by atoms with van der Waals surface area (Å²) in [7, 11) is -13.4. The Labute approximate surface area is 91.4 Å². The van der Waals surface area contributed by atoms with Gasteiger partial charge in [-0.3, -0.25) is 0 Å². The Morgan fingerprint density at radius 2 is 1.06 bits per heavy atom. The fourth-order valence-corrected chi connectivity index (χ4v) is 2.87. The molecule has 0 aliphatic carbocycles. The lowest BCUT2D eigenvalue weighted by Crippen LogP contribution is -2.46. The number of rotatable bonds is 3. The molecule has 0 aliphatic rings. The Hall–Kier alpha value is -0.980. The lowest BCUT2D eigenvalue weighted by atomic mass is 11.1. The molecule has 17 heavy (non-hydrogen) atoms. The van der Waals surface area contributed by atoms with Crippen LogP contribution in [0.25, 0.3) is 0 Å². The number of hydrogen-bond donors (Lipinski definition) is 0. The largest absolute Gasteiger partial charge is 0.517 e. The van der Waals surface area contributed by atoms with Gasteiger partial charge in [0.15, 0.2) is 0 Å². The van der Waals surface area contributed by atoms with Crippen molar-refractivity contribution in [2.24, 2.45) is 0 Å². The van der Waals surface area contributed by atoms with Crippen LogP contribution in [-0.2, 0) is 20.0 Å². The molecule has 0 aromatic carbocycles. The van der Waals surface area contributed by atoms with Crippen LogP contribution < -0.4 is 0 Å².